The van der Waals surface area contributed by atoms with Crippen molar-refractivity contribution in [2.75, 3.05) is 6.61 Å². The summed E-state index contributed by atoms with van der Waals surface area (Å²) in [5.41, 5.74) is 0. The van der Waals surface area contributed by atoms with E-state index in [4.69, 9.17) is 0 Å². The molecule has 2 unspecified atom stereocenters. The Morgan fingerprint density at radius 1 is 0.338 bits per heavy atom. The predicted octanol–water partition coefficient (Wildman–Crippen LogP) is 22.2. The average Bonchev–Trinajstić information content (AvgIpc) is 3.37. The molecular formula is C67H131NO3. The fourth-order valence-corrected chi connectivity index (χ4v) is 10.7. The highest BCUT2D eigenvalue weighted by Gasteiger charge is 2.20. The summed E-state index contributed by atoms with van der Waals surface area (Å²) in [6, 6.07) is -0.535. The fraction of sp³-hybridized carbons (Fsp3) is 0.925. The van der Waals surface area contributed by atoms with Gasteiger partial charge in [0, 0.05) is 6.42 Å². The third-order valence-electron chi connectivity index (χ3n) is 15.7. The number of rotatable bonds is 62. The first-order valence-electron chi connectivity index (χ1n) is 33.0. The van der Waals surface area contributed by atoms with E-state index in [0.29, 0.717) is 12.8 Å². The van der Waals surface area contributed by atoms with Crippen LogP contribution < -0.4 is 5.32 Å². The van der Waals surface area contributed by atoms with Crippen LogP contribution >= 0.6 is 0 Å². The highest BCUT2D eigenvalue weighted by molar-refractivity contribution is 5.76. The number of carbonyl (C=O) groups excluding carboxylic acids is 1. The molecule has 0 aliphatic carbocycles. The topological polar surface area (TPSA) is 69.6 Å². The molecule has 0 aromatic carbocycles. The molecule has 0 saturated heterocycles. The Labute approximate surface area is 447 Å². The van der Waals surface area contributed by atoms with E-state index >= 15 is 0 Å². The van der Waals surface area contributed by atoms with Crippen molar-refractivity contribution in [3.05, 3.63) is 24.3 Å². The molecule has 1 amide bonds. The van der Waals surface area contributed by atoms with E-state index in [9.17, 15) is 15.0 Å². The number of unbranched alkanes of at least 4 members (excludes halogenated alkanes) is 51. The maximum Gasteiger partial charge on any atom is 0.220 e. The third-order valence-corrected chi connectivity index (χ3v) is 15.7. The number of carbonyl (C=O) groups is 1. The molecule has 0 aliphatic rings. The highest BCUT2D eigenvalue weighted by atomic mass is 16.3. The number of aliphatic hydroxyl groups excluding tert-OH is 2. The van der Waals surface area contributed by atoms with Gasteiger partial charge in [0.1, 0.15) is 0 Å². The molecule has 0 heterocycles. The fourth-order valence-electron chi connectivity index (χ4n) is 10.7. The summed E-state index contributed by atoms with van der Waals surface area (Å²) in [6.07, 6.45) is 85.1. The second-order valence-corrected chi connectivity index (χ2v) is 22.9. The van der Waals surface area contributed by atoms with Gasteiger partial charge >= 0.3 is 0 Å². The van der Waals surface area contributed by atoms with Gasteiger partial charge in [-0.3, -0.25) is 4.79 Å². The Morgan fingerprint density at radius 3 is 0.845 bits per heavy atom. The zero-order valence-corrected chi connectivity index (χ0v) is 48.8. The molecule has 0 bridgehead atoms. The lowest BCUT2D eigenvalue weighted by molar-refractivity contribution is -0.123. The first-order chi connectivity index (χ1) is 35.2. The Balaban J connectivity index is 3.39. The van der Waals surface area contributed by atoms with Gasteiger partial charge in [0.2, 0.25) is 5.91 Å². The summed E-state index contributed by atoms with van der Waals surface area (Å²) in [5.74, 6) is -0.0241. The first-order valence-corrected chi connectivity index (χ1v) is 33.0. The van der Waals surface area contributed by atoms with Gasteiger partial charge in [0.15, 0.2) is 0 Å². The van der Waals surface area contributed by atoms with Crippen molar-refractivity contribution >= 4 is 5.91 Å². The summed E-state index contributed by atoms with van der Waals surface area (Å²) in [5, 5.41) is 23.4. The first kappa shape index (κ1) is 69.9. The molecule has 0 fully saturated rings. The molecule has 71 heavy (non-hydrogen) atoms. The summed E-state index contributed by atoms with van der Waals surface area (Å²) >= 11 is 0. The van der Waals surface area contributed by atoms with Crippen LogP contribution in [0.5, 0.6) is 0 Å². The molecule has 0 radical (unpaired) electrons. The number of aliphatic hydroxyl groups is 2. The summed E-state index contributed by atoms with van der Waals surface area (Å²) in [7, 11) is 0. The second kappa shape index (κ2) is 63.2. The number of allylic oxidation sites excluding steroid dienone is 4. The van der Waals surface area contributed by atoms with Gasteiger partial charge in [-0.1, -0.05) is 353 Å². The van der Waals surface area contributed by atoms with E-state index in [1.807, 2.05) is 0 Å². The van der Waals surface area contributed by atoms with E-state index < -0.39 is 12.1 Å². The monoisotopic (exact) mass is 998 g/mol. The molecule has 2 atom stereocenters. The summed E-state index contributed by atoms with van der Waals surface area (Å²) in [6.45, 7) is 4.41. The predicted molar refractivity (Wildman–Crippen MR) is 318 cm³/mol. The van der Waals surface area contributed by atoms with Crippen LogP contribution in [0.4, 0.5) is 0 Å². The van der Waals surface area contributed by atoms with Gasteiger partial charge in [0.25, 0.3) is 0 Å². The van der Waals surface area contributed by atoms with E-state index in [0.717, 1.165) is 32.1 Å². The molecule has 0 aromatic rings. The molecular weight excluding hydrogens is 867 g/mol. The van der Waals surface area contributed by atoms with Crippen LogP contribution in [0.3, 0.4) is 0 Å². The van der Waals surface area contributed by atoms with Crippen LogP contribution in [0.1, 0.15) is 380 Å². The van der Waals surface area contributed by atoms with Crippen LogP contribution in [-0.2, 0) is 4.79 Å². The molecule has 4 nitrogen and oxygen atoms in total. The largest absolute Gasteiger partial charge is 0.394 e. The maximum atomic E-state index is 12.5. The Morgan fingerprint density at radius 2 is 0.577 bits per heavy atom. The number of hydrogen-bond acceptors (Lipinski definition) is 3. The van der Waals surface area contributed by atoms with Gasteiger partial charge < -0.3 is 15.5 Å². The van der Waals surface area contributed by atoms with Gasteiger partial charge in [-0.25, -0.2) is 0 Å². The van der Waals surface area contributed by atoms with Gasteiger partial charge in [-0.2, -0.15) is 0 Å². The molecule has 0 aliphatic heterocycles. The van der Waals surface area contributed by atoms with Gasteiger partial charge in [-0.05, 0) is 44.9 Å². The summed E-state index contributed by atoms with van der Waals surface area (Å²) < 4.78 is 0. The quantitative estimate of drug-likeness (QED) is 0.0420. The lowest BCUT2D eigenvalue weighted by atomic mass is 10.0. The zero-order chi connectivity index (χ0) is 51.3. The van der Waals surface area contributed by atoms with E-state index in [-0.39, 0.29) is 12.5 Å². The van der Waals surface area contributed by atoms with Gasteiger partial charge in [-0.15, -0.1) is 0 Å². The standard InChI is InChI=1S/C67H131NO3/c1-3-5-7-9-11-13-15-17-19-21-23-25-26-27-28-29-30-31-32-33-34-35-36-37-38-39-40-41-42-43-45-47-49-51-53-55-57-59-61-63-67(71)68-65(64-69)66(70)62-60-58-56-54-52-50-48-46-44-24-22-20-18-16-14-12-10-8-6-4-2/h30-31,33-34,65-66,69-70H,3-29,32,35-64H2,1-2H3,(H,68,71)/b31-30-,34-33-. The van der Waals surface area contributed by atoms with E-state index in [2.05, 4.69) is 43.5 Å². The van der Waals surface area contributed by atoms with Crippen molar-refractivity contribution < 1.29 is 15.0 Å². The van der Waals surface area contributed by atoms with Crippen LogP contribution in [0.15, 0.2) is 24.3 Å². The van der Waals surface area contributed by atoms with Crippen molar-refractivity contribution in [1.82, 2.24) is 5.32 Å². The van der Waals surface area contributed by atoms with Crippen molar-refractivity contribution in [2.24, 2.45) is 0 Å². The molecule has 0 rings (SSSR count). The van der Waals surface area contributed by atoms with Crippen LogP contribution in [-0.4, -0.2) is 34.9 Å². The van der Waals surface area contributed by atoms with Crippen molar-refractivity contribution in [3.63, 3.8) is 0 Å². The zero-order valence-electron chi connectivity index (χ0n) is 48.8. The highest BCUT2D eigenvalue weighted by Crippen LogP contribution is 2.19. The normalized spacial score (nSPS) is 12.8. The van der Waals surface area contributed by atoms with Crippen molar-refractivity contribution in [1.29, 1.82) is 0 Å². The van der Waals surface area contributed by atoms with Crippen molar-refractivity contribution in [3.8, 4) is 0 Å². The smallest absolute Gasteiger partial charge is 0.220 e. The van der Waals surface area contributed by atoms with E-state index in [1.54, 1.807) is 0 Å². The lowest BCUT2D eigenvalue weighted by Gasteiger charge is -2.22. The van der Waals surface area contributed by atoms with Crippen LogP contribution in [0.25, 0.3) is 0 Å². The Hall–Kier alpha value is -1.13. The Kier molecular flexibility index (Phi) is 62.2. The molecule has 0 aromatic heterocycles. The molecule has 3 N–H and O–H groups in total. The summed E-state index contributed by atoms with van der Waals surface area (Å²) in [4.78, 5) is 12.5. The minimum atomic E-state index is -0.658. The molecule has 4 heteroatoms. The minimum Gasteiger partial charge on any atom is -0.394 e. The minimum absolute atomic E-state index is 0.0241. The SMILES string of the molecule is CCCCCCCCCCCCCCCCC/C=C\C/C=C\CCCCCCCCCCCCCCCCCCCC(=O)NC(CO)C(O)CCCCCCCCCCCCCCCCCCCCCC. The molecule has 0 saturated carbocycles. The lowest BCUT2D eigenvalue weighted by Crippen LogP contribution is -2.45. The van der Waals surface area contributed by atoms with Gasteiger partial charge in [0.05, 0.1) is 18.8 Å². The molecule has 0 spiro atoms. The van der Waals surface area contributed by atoms with Crippen LogP contribution in [0.2, 0.25) is 0 Å². The molecule has 422 valence electrons. The Bertz CT molecular complexity index is 1040. The average molecular weight is 999 g/mol. The number of hydrogen-bond donors (Lipinski definition) is 3. The maximum absolute atomic E-state index is 12.5. The number of amides is 1. The van der Waals surface area contributed by atoms with Crippen LogP contribution in [0, 0.1) is 0 Å². The second-order valence-electron chi connectivity index (χ2n) is 22.9. The number of nitrogens with one attached hydrogen (secondary N) is 1. The van der Waals surface area contributed by atoms with Crippen molar-refractivity contribution in [2.45, 2.75) is 392 Å². The van der Waals surface area contributed by atoms with E-state index in [1.165, 1.54) is 321 Å². The third kappa shape index (κ3) is 59.6.